The van der Waals surface area contributed by atoms with Crippen LogP contribution in [0.3, 0.4) is 0 Å². The third-order valence-corrected chi connectivity index (χ3v) is 6.37. The van der Waals surface area contributed by atoms with Crippen LogP contribution in [0.2, 0.25) is 0 Å². The lowest BCUT2D eigenvalue weighted by Crippen LogP contribution is -2.52. The molecule has 0 saturated carbocycles. The van der Waals surface area contributed by atoms with E-state index in [1.165, 1.54) is 5.69 Å². The third-order valence-electron chi connectivity index (χ3n) is 6.37. The van der Waals surface area contributed by atoms with Crippen LogP contribution in [0, 0.1) is 0 Å². The molecule has 2 aliphatic rings. The Bertz CT molecular complexity index is 594. The summed E-state index contributed by atoms with van der Waals surface area (Å²) >= 11 is 0. The first-order valence-electron chi connectivity index (χ1n) is 9.73. The number of nitrogens with zero attached hydrogens (tertiary/aromatic N) is 2. The summed E-state index contributed by atoms with van der Waals surface area (Å²) in [6, 6.07) is 8.76. The van der Waals surface area contributed by atoms with Gasteiger partial charge in [-0.05, 0) is 59.1 Å². The molecule has 0 aliphatic carbocycles. The van der Waals surface area contributed by atoms with E-state index < -0.39 is 0 Å². The lowest BCUT2D eigenvalue weighted by molar-refractivity contribution is 0.00578. The van der Waals surface area contributed by atoms with Crippen LogP contribution in [0.25, 0.3) is 0 Å². The van der Waals surface area contributed by atoms with Gasteiger partial charge in [-0.2, -0.15) is 0 Å². The van der Waals surface area contributed by atoms with Crippen molar-refractivity contribution in [1.82, 2.24) is 4.90 Å². The summed E-state index contributed by atoms with van der Waals surface area (Å²) < 4.78 is 12.3. The topological polar surface area (TPSA) is 45.2 Å². The van der Waals surface area contributed by atoms with E-state index in [0.717, 1.165) is 31.6 Å². The molecule has 1 aromatic rings. The van der Waals surface area contributed by atoms with E-state index in [9.17, 15) is 5.11 Å². The Kier molecular flexibility index (Phi) is 5.41. The molecule has 0 spiro atoms. The van der Waals surface area contributed by atoms with Gasteiger partial charge in [-0.3, -0.25) is 4.90 Å². The van der Waals surface area contributed by atoms with Crippen molar-refractivity contribution >= 4 is 18.3 Å². The van der Waals surface area contributed by atoms with Gasteiger partial charge in [0.1, 0.15) is 0 Å². The van der Waals surface area contributed by atoms with Gasteiger partial charge in [0.15, 0.2) is 0 Å². The number of aliphatic hydroxyl groups excluding tert-OH is 1. The second-order valence-electron chi connectivity index (χ2n) is 8.68. The summed E-state index contributed by atoms with van der Waals surface area (Å²) in [6.45, 7) is 16.2. The maximum atomic E-state index is 9.79. The summed E-state index contributed by atoms with van der Waals surface area (Å²) in [5.41, 5.74) is 1.67. The Morgan fingerprint density at radius 1 is 0.923 bits per heavy atom. The predicted molar refractivity (Wildman–Crippen MR) is 107 cm³/mol. The van der Waals surface area contributed by atoms with Gasteiger partial charge in [-0.25, -0.2) is 0 Å². The number of rotatable bonds is 4. The van der Waals surface area contributed by atoms with Crippen molar-refractivity contribution in [3.8, 4) is 0 Å². The molecule has 1 N–H and O–H groups in total. The Labute approximate surface area is 158 Å². The number of hydrogen-bond acceptors (Lipinski definition) is 5. The highest BCUT2D eigenvalue weighted by atomic mass is 16.7. The molecule has 2 fully saturated rings. The van der Waals surface area contributed by atoms with Crippen LogP contribution in [-0.2, 0) is 9.31 Å². The van der Waals surface area contributed by atoms with Crippen LogP contribution in [-0.4, -0.2) is 66.7 Å². The third kappa shape index (κ3) is 3.79. The highest BCUT2D eigenvalue weighted by Crippen LogP contribution is 2.36. The number of benzene rings is 1. The zero-order valence-corrected chi connectivity index (χ0v) is 17.0. The van der Waals surface area contributed by atoms with E-state index in [0.29, 0.717) is 0 Å². The van der Waals surface area contributed by atoms with Crippen LogP contribution in [0.15, 0.2) is 24.3 Å². The summed E-state index contributed by atoms with van der Waals surface area (Å²) in [7, 11) is -0.308. The predicted octanol–water partition coefficient (Wildman–Crippen LogP) is 1.88. The first-order valence-corrected chi connectivity index (χ1v) is 9.73. The molecule has 0 aromatic heterocycles. The van der Waals surface area contributed by atoms with E-state index in [4.69, 9.17) is 9.31 Å². The van der Waals surface area contributed by atoms with Crippen LogP contribution in [0.5, 0.6) is 0 Å². The number of anilines is 1. The fourth-order valence-corrected chi connectivity index (χ4v) is 3.51. The zero-order valence-electron chi connectivity index (χ0n) is 17.0. The van der Waals surface area contributed by atoms with Gasteiger partial charge in [0.05, 0.1) is 17.3 Å². The van der Waals surface area contributed by atoms with Crippen LogP contribution >= 0.6 is 0 Å². The van der Waals surface area contributed by atoms with Gasteiger partial charge in [0.2, 0.25) is 0 Å². The van der Waals surface area contributed by atoms with Gasteiger partial charge in [-0.15, -0.1) is 0 Å². The highest BCUT2D eigenvalue weighted by Gasteiger charge is 2.51. The maximum absolute atomic E-state index is 9.79. The van der Waals surface area contributed by atoms with Crippen molar-refractivity contribution < 1.29 is 14.4 Å². The fourth-order valence-electron chi connectivity index (χ4n) is 3.51. The van der Waals surface area contributed by atoms with E-state index in [1.807, 2.05) is 6.92 Å². The average Bonchev–Trinajstić information content (AvgIpc) is 2.82. The Balaban J connectivity index is 1.61. The van der Waals surface area contributed by atoms with E-state index >= 15 is 0 Å². The normalized spacial score (nSPS) is 25.3. The molecular weight excluding hydrogens is 327 g/mol. The monoisotopic (exact) mass is 360 g/mol. The van der Waals surface area contributed by atoms with Crippen molar-refractivity contribution in [2.24, 2.45) is 0 Å². The van der Waals surface area contributed by atoms with Gasteiger partial charge in [-0.1, -0.05) is 12.1 Å². The summed E-state index contributed by atoms with van der Waals surface area (Å²) in [5.74, 6) is 0. The smallest absolute Gasteiger partial charge is 0.399 e. The molecule has 2 aliphatic heterocycles. The first kappa shape index (κ1) is 19.7. The fraction of sp³-hybridized carbons (Fsp3) is 0.700. The minimum Gasteiger partial charge on any atom is -0.399 e. The van der Waals surface area contributed by atoms with E-state index in [-0.39, 0.29) is 30.5 Å². The molecule has 2 atom stereocenters. The van der Waals surface area contributed by atoms with Gasteiger partial charge < -0.3 is 19.3 Å². The second-order valence-corrected chi connectivity index (χ2v) is 8.68. The van der Waals surface area contributed by atoms with Crippen LogP contribution < -0.4 is 10.4 Å². The summed E-state index contributed by atoms with van der Waals surface area (Å²) in [5, 5.41) is 9.79. The Morgan fingerprint density at radius 3 is 1.88 bits per heavy atom. The Hall–Kier alpha value is -1.08. The zero-order chi connectivity index (χ0) is 19.1. The Morgan fingerprint density at radius 2 is 1.42 bits per heavy atom. The summed E-state index contributed by atoms with van der Waals surface area (Å²) in [6.07, 6.45) is -0.291. The molecule has 2 heterocycles. The molecule has 0 radical (unpaired) electrons. The van der Waals surface area contributed by atoms with Crippen molar-refractivity contribution in [3.05, 3.63) is 24.3 Å². The lowest BCUT2D eigenvalue weighted by atomic mass is 9.79. The lowest BCUT2D eigenvalue weighted by Gasteiger charge is -2.40. The van der Waals surface area contributed by atoms with Gasteiger partial charge in [0.25, 0.3) is 0 Å². The second kappa shape index (κ2) is 7.15. The van der Waals surface area contributed by atoms with Gasteiger partial charge >= 0.3 is 7.12 Å². The molecule has 144 valence electrons. The van der Waals surface area contributed by atoms with Crippen LogP contribution in [0.4, 0.5) is 5.69 Å². The van der Waals surface area contributed by atoms with Crippen molar-refractivity contribution in [3.63, 3.8) is 0 Å². The van der Waals surface area contributed by atoms with Crippen molar-refractivity contribution in [2.75, 3.05) is 31.1 Å². The molecule has 6 heteroatoms. The van der Waals surface area contributed by atoms with Gasteiger partial charge in [0, 0.05) is 37.9 Å². The minimum absolute atomic E-state index is 0.211. The number of hydrogen-bond donors (Lipinski definition) is 1. The molecule has 3 rings (SSSR count). The number of aliphatic hydroxyl groups is 1. The summed E-state index contributed by atoms with van der Waals surface area (Å²) in [4.78, 5) is 4.76. The van der Waals surface area contributed by atoms with Crippen molar-refractivity contribution in [2.45, 2.75) is 64.9 Å². The largest absolute Gasteiger partial charge is 0.494 e. The standard InChI is InChI=1S/C20H33BN2O3/c1-15(16(2)24)22-11-13-23(14-12-22)18-9-7-17(8-10-18)21-25-19(3,4)20(5,6)26-21/h7-10,15-16,24H,11-14H2,1-6H3. The average molecular weight is 360 g/mol. The SMILES string of the molecule is CC(O)C(C)N1CCN(c2ccc(B3OC(C)(C)C(C)(C)O3)cc2)CC1. The highest BCUT2D eigenvalue weighted by molar-refractivity contribution is 6.62. The quantitative estimate of drug-likeness (QED) is 0.831. The first-order chi connectivity index (χ1) is 12.1. The number of piperazine rings is 1. The molecule has 2 unspecified atom stereocenters. The van der Waals surface area contributed by atoms with Crippen LogP contribution in [0.1, 0.15) is 41.5 Å². The molecule has 0 bridgehead atoms. The maximum Gasteiger partial charge on any atom is 0.494 e. The molecule has 0 amide bonds. The van der Waals surface area contributed by atoms with E-state index in [1.54, 1.807) is 0 Å². The molecular formula is C20H33BN2O3. The van der Waals surface area contributed by atoms with Crippen molar-refractivity contribution in [1.29, 1.82) is 0 Å². The molecule has 1 aromatic carbocycles. The molecule has 2 saturated heterocycles. The van der Waals surface area contributed by atoms with E-state index in [2.05, 4.69) is 68.7 Å². The minimum atomic E-state index is -0.312. The molecule has 26 heavy (non-hydrogen) atoms. The molecule has 5 nitrogen and oxygen atoms in total.